The molecular weight excluding hydrogens is 284 g/mol. The number of rotatable bonds is 4. The van der Waals surface area contributed by atoms with Crippen LogP contribution in [-0.2, 0) is 17.3 Å². The molecule has 112 valence electrons. The van der Waals surface area contributed by atoms with E-state index in [1.165, 1.54) is 4.68 Å². The molecule has 10 heteroatoms. The number of amides is 1. The van der Waals surface area contributed by atoms with Crippen molar-refractivity contribution in [3.05, 3.63) is 11.9 Å². The van der Waals surface area contributed by atoms with Crippen LogP contribution in [0.25, 0.3) is 0 Å². The average Bonchev–Trinajstić information content (AvgIpc) is 2.82. The van der Waals surface area contributed by atoms with Gasteiger partial charge in [-0.3, -0.25) is 9.48 Å². The molecule has 1 fully saturated rings. The lowest BCUT2D eigenvalue weighted by Crippen LogP contribution is -2.44. The molecule has 1 aliphatic heterocycles. The van der Waals surface area contributed by atoms with Crippen molar-refractivity contribution in [1.82, 2.24) is 24.6 Å². The minimum Gasteiger partial charge on any atom is -0.337 e. The molecule has 2 rings (SSSR count). The van der Waals surface area contributed by atoms with Crippen molar-refractivity contribution in [2.24, 2.45) is 18.1 Å². The maximum Gasteiger partial charge on any atom is 0.276 e. The minimum absolute atomic E-state index is 0.0581. The second-order valence-electron chi connectivity index (χ2n) is 4.93. The van der Waals surface area contributed by atoms with Crippen LogP contribution in [-0.4, -0.2) is 53.9 Å². The molecule has 1 unspecified atom stereocenters. The van der Waals surface area contributed by atoms with Gasteiger partial charge in [0.1, 0.15) is 0 Å². The fourth-order valence-electron chi connectivity index (χ4n) is 2.26. The second-order valence-corrected chi connectivity index (χ2v) is 6.31. The fraction of sp³-hybridized carbons (Fsp3) is 0.700. The normalized spacial score (nSPS) is 20.1. The highest BCUT2D eigenvalue weighted by molar-refractivity contribution is 7.87. The van der Waals surface area contributed by atoms with E-state index >= 15 is 0 Å². The first-order chi connectivity index (χ1) is 9.35. The molecule has 1 aliphatic rings. The Labute approximate surface area is 117 Å². The summed E-state index contributed by atoms with van der Waals surface area (Å²) in [6, 6.07) is 0. The molecule has 0 saturated carbocycles. The van der Waals surface area contributed by atoms with E-state index < -0.39 is 10.2 Å². The Balaban J connectivity index is 1.94. The summed E-state index contributed by atoms with van der Waals surface area (Å²) < 4.78 is 25.5. The first kappa shape index (κ1) is 14.9. The summed E-state index contributed by atoms with van der Waals surface area (Å²) >= 11 is 0. The van der Waals surface area contributed by atoms with Gasteiger partial charge in [-0.25, -0.2) is 9.86 Å². The number of aromatic nitrogens is 3. The summed E-state index contributed by atoms with van der Waals surface area (Å²) in [6.07, 6.45) is 3.24. The topological polar surface area (TPSA) is 123 Å². The van der Waals surface area contributed by atoms with Gasteiger partial charge in [0, 0.05) is 26.7 Å². The third-order valence-electron chi connectivity index (χ3n) is 3.20. The molecule has 1 aromatic heterocycles. The number of carbonyl (C=O) groups excluding carboxylic acids is 1. The molecule has 9 nitrogen and oxygen atoms in total. The van der Waals surface area contributed by atoms with Crippen molar-refractivity contribution >= 4 is 16.1 Å². The van der Waals surface area contributed by atoms with Gasteiger partial charge in [-0.15, -0.1) is 5.10 Å². The number of likely N-dealkylation sites (tertiary alicyclic amines) is 1. The molecule has 0 bridgehead atoms. The van der Waals surface area contributed by atoms with E-state index in [2.05, 4.69) is 15.0 Å². The molecule has 3 N–H and O–H groups in total. The minimum atomic E-state index is -3.69. The third-order valence-corrected chi connectivity index (χ3v) is 3.77. The maximum atomic E-state index is 12.2. The summed E-state index contributed by atoms with van der Waals surface area (Å²) in [6.45, 7) is 1.36. The molecule has 0 aliphatic carbocycles. The number of nitrogens with two attached hydrogens (primary N) is 1. The Morgan fingerprint density at radius 3 is 2.95 bits per heavy atom. The molecule has 1 atom stereocenters. The predicted octanol–water partition coefficient (Wildman–Crippen LogP) is -1.54. The van der Waals surface area contributed by atoms with Gasteiger partial charge >= 0.3 is 0 Å². The largest absolute Gasteiger partial charge is 0.337 e. The fourth-order valence-corrected chi connectivity index (χ4v) is 2.73. The summed E-state index contributed by atoms with van der Waals surface area (Å²) in [5, 5.41) is 12.4. The Bertz CT molecular complexity index is 584. The molecule has 20 heavy (non-hydrogen) atoms. The van der Waals surface area contributed by atoms with E-state index in [0.29, 0.717) is 18.8 Å². The summed E-state index contributed by atoms with van der Waals surface area (Å²) in [7, 11) is -2.00. The van der Waals surface area contributed by atoms with Crippen molar-refractivity contribution < 1.29 is 13.2 Å². The van der Waals surface area contributed by atoms with E-state index in [0.717, 1.165) is 12.8 Å². The van der Waals surface area contributed by atoms with Crippen LogP contribution < -0.4 is 9.86 Å². The first-order valence-corrected chi connectivity index (χ1v) is 7.83. The Morgan fingerprint density at radius 1 is 1.60 bits per heavy atom. The standard InChI is InChI=1S/C10H18N6O3S/c1-15-7-9(13-14-15)10(17)16-4-2-3-8(6-16)5-12-20(11,18)19/h7-8,12H,2-6H2,1H3,(H2,11,18,19). The lowest BCUT2D eigenvalue weighted by Gasteiger charge is -2.32. The van der Waals surface area contributed by atoms with Crippen LogP contribution in [0.3, 0.4) is 0 Å². The first-order valence-electron chi connectivity index (χ1n) is 6.28. The van der Waals surface area contributed by atoms with Gasteiger partial charge < -0.3 is 4.90 Å². The number of aryl methyl sites for hydroxylation is 1. The molecule has 1 amide bonds. The van der Waals surface area contributed by atoms with Crippen molar-refractivity contribution in [2.45, 2.75) is 12.8 Å². The van der Waals surface area contributed by atoms with Crippen molar-refractivity contribution in [3.63, 3.8) is 0 Å². The molecule has 1 aromatic rings. The number of hydrogen-bond donors (Lipinski definition) is 2. The van der Waals surface area contributed by atoms with Gasteiger partial charge in [-0.05, 0) is 18.8 Å². The van der Waals surface area contributed by atoms with Gasteiger partial charge in [0.2, 0.25) is 0 Å². The highest BCUT2D eigenvalue weighted by Crippen LogP contribution is 2.17. The Morgan fingerprint density at radius 2 is 2.35 bits per heavy atom. The molecule has 0 spiro atoms. The highest BCUT2D eigenvalue weighted by atomic mass is 32.2. The van der Waals surface area contributed by atoms with Gasteiger partial charge in [0.15, 0.2) is 5.69 Å². The summed E-state index contributed by atoms with van der Waals surface area (Å²) in [5.74, 6) is -0.124. The van der Waals surface area contributed by atoms with Gasteiger partial charge in [0.05, 0.1) is 6.20 Å². The van der Waals surface area contributed by atoms with Crippen LogP contribution in [0.15, 0.2) is 6.20 Å². The van der Waals surface area contributed by atoms with Crippen LogP contribution in [0.4, 0.5) is 0 Å². The van der Waals surface area contributed by atoms with Gasteiger partial charge in [0.25, 0.3) is 16.1 Å². The quantitative estimate of drug-likeness (QED) is 0.697. The number of hydrogen-bond acceptors (Lipinski definition) is 5. The SMILES string of the molecule is Cn1cc(C(=O)N2CCCC(CNS(N)(=O)=O)C2)nn1. The number of carbonyl (C=O) groups is 1. The number of nitrogens with zero attached hydrogens (tertiary/aromatic N) is 4. The Hall–Kier alpha value is -1.52. The predicted molar refractivity (Wildman–Crippen MR) is 70.7 cm³/mol. The van der Waals surface area contributed by atoms with Crippen molar-refractivity contribution in [1.29, 1.82) is 0 Å². The average molecular weight is 302 g/mol. The zero-order valence-electron chi connectivity index (χ0n) is 11.2. The summed E-state index contributed by atoms with van der Waals surface area (Å²) in [5.41, 5.74) is 0.299. The smallest absolute Gasteiger partial charge is 0.276 e. The van der Waals surface area contributed by atoms with E-state index in [1.54, 1.807) is 18.1 Å². The van der Waals surface area contributed by atoms with Crippen LogP contribution >= 0.6 is 0 Å². The van der Waals surface area contributed by atoms with E-state index in [1.807, 2.05) is 0 Å². The molecular formula is C10H18N6O3S. The van der Waals surface area contributed by atoms with Gasteiger partial charge in [-0.2, -0.15) is 8.42 Å². The molecule has 0 aromatic carbocycles. The molecule has 0 radical (unpaired) electrons. The zero-order chi connectivity index (χ0) is 14.8. The molecule has 1 saturated heterocycles. The third kappa shape index (κ3) is 3.99. The zero-order valence-corrected chi connectivity index (χ0v) is 12.0. The monoisotopic (exact) mass is 302 g/mol. The van der Waals surface area contributed by atoms with Crippen LogP contribution in [0.2, 0.25) is 0 Å². The van der Waals surface area contributed by atoms with Crippen molar-refractivity contribution in [2.75, 3.05) is 19.6 Å². The number of piperidine rings is 1. The molecule has 2 heterocycles. The van der Waals surface area contributed by atoms with E-state index in [-0.39, 0.29) is 18.4 Å². The summed E-state index contributed by atoms with van der Waals surface area (Å²) in [4.78, 5) is 13.9. The maximum absolute atomic E-state index is 12.2. The van der Waals surface area contributed by atoms with E-state index in [9.17, 15) is 13.2 Å². The lowest BCUT2D eigenvalue weighted by molar-refractivity contribution is 0.0670. The lowest BCUT2D eigenvalue weighted by atomic mass is 9.98. The Kier molecular flexibility index (Phi) is 4.35. The van der Waals surface area contributed by atoms with Crippen LogP contribution in [0.5, 0.6) is 0 Å². The highest BCUT2D eigenvalue weighted by Gasteiger charge is 2.26. The second kappa shape index (κ2) is 5.85. The van der Waals surface area contributed by atoms with Gasteiger partial charge in [-0.1, -0.05) is 5.21 Å². The van der Waals surface area contributed by atoms with E-state index in [4.69, 9.17) is 5.14 Å². The van der Waals surface area contributed by atoms with Crippen LogP contribution in [0, 0.1) is 5.92 Å². The van der Waals surface area contributed by atoms with Crippen LogP contribution in [0.1, 0.15) is 23.3 Å². The number of nitrogens with one attached hydrogen (secondary N) is 1. The van der Waals surface area contributed by atoms with Crippen molar-refractivity contribution in [3.8, 4) is 0 Å².